The van der Waals surface area contributed by atoms with Crippen molar-refractivity contribution in [2.45, 2.75) is 43.9 Å². The van der Waals surface area contributed by atoms with Crippen LogP contribution >= 0.6 is 11.8 Å². The highest BCUT2D eigenvalue weighted by Crippen LogP contribution is 2.36. The molecule has 0 aliphatic carbocycles. The number of aromatic nitrogens is 5. The van der Waals surface area contributed by atoms with Gasteiger partial charge in [0.15, 0.2) is 5.16 Å². The van der Waals surface area contributed by atoms with Gasteiger partial charge in [0.25, 0.3) is 0 Å². The van der Waals surface area contributed by atoms with Gasteiger partial charge in [0.1, 0.15) is 0 Å². The van der Waals surface area contributed by atoms with Gasteiger partial charge in [0.2, 0.25) is 17.7 Å². The molecule has 3 aromatic rings. The van der Waals surface area contributed by atoms with E-state index in [0.717, 1.165) is 42.9 Å². The maximum Gasteiger partial charge on any atom is 0.416 e. The molecule has 8 nitrogen and oxygen atoms in total. The fourth-order valence-electron chi connectivity index (χ4n) is 3.45. The van der Waals surface area contributed by atoms with Crippen molar-refractivity contribution in [3.63, 3.8) is 0 Å². The molecule has 0 saturated carbocycles. The van der Waals surface area contributed by atoms with Gasteiger partial charge in [-0.15, -0.1) is 10.2 Å². The number of anilines is 1. The number of thioether (sulfide) groups is 1. The molecule has 0 N–H and O–H groups in total. The molecule has 1 saturated heterocycles. The van der Waals surface area contributed by atoms with E-state index >= 15 is 0 Å². The first-order chi connectivity index (χ1) is 15.7. The summed E-state index contributed by atoms with van der Waals surface area (Å²) in [7, 11) is 0. The summed E-state index contributed by atoms with van der Waals surface area (Å²) in [6, 6.07) is 4.88. The number of halogens is 3. The first-order valence-corrected chi connectivity index (χ1v) is 11.5. The number of benzene rings is 1. The average molecular weight is 483 g/mol. The zero-order valence-electron chi connectivity index (χ0n) is 18.5. The summed E-state index contributed by atoms with van der Waals surface area (Å²) < 4.78 is 52.0. The average Bonchev–Trinajstić information content (AvgIpc) is 3.42. The van der Waals surface area contributed by atoms with E-state index in [-0.39, 0.29) is 16.6 Å². The highest BCUT2D eigenvalue weighted by molar-refractivity contribution is 7.99. The Morgan fingerprint density at radius 3 is 2.58 bits per heavy atom. The Morgan fingerprint density at radius 2 is 1.88 bits per heavy atom. The van der Waals surface area contributed by atoms with Crippen molar-refractivity contribution in [1.82, 2.24) is 24.9 Å². The first-order valence-electron chi connectivity index (χ1n) is 10.7. The van der Waals surface area contributed by atoms with Crippen LogP contribution in [0.5, 0.6) is 0 Å². The molecule has 1 fully saturated rings. The lowest BCUT2D eigenvalue weighted by Crippen LogP contribution is -2.38. The topological polar surface area (TPSA) is 82.1 Å². The Kier molecular flexibility index (Phi) is 6.94. The lowest BCUT2D eigenvalue weighted by Gasteiger charge is -2.28. The molecule has 0 spiro atoms. The number of hydrogen-bond donors (Lipinski definition) is 0. The number of rotatable bonds is 7. The summed E-state index contributed by atoms with van der Waals surface area (Å²) in [5.74, 6) is 1.60. The summed E-state index contributed by atoms with van der Waals surface area (Å²) in [4.78, 5) is 6.50. The van der Waals surface area contributed by atoms with E-state index in [0.29, 0.717) is 25.0 Å². The minimum Gasteiger partial charge on any atom is -0.378 e. The Morgan fingerprint density at radius 1 is 1.12 bits per heavy atom. The second-order valence-corrected chi connectivity index (χ2v) is 9.49. The summed E-state index contributed by atoms with van der Waals surface area (Å²) in [6.07, 6.45) is -4.44. The van der Waals surface area contributed by atoms with Crippen LogP contribution in [0.3, 0.4) is 0 Å². The van der Waals surface area contributed by atoms with Gasteiger partial charge in [0, 0.05) is 25.2 Å². The third kappa shape index (κ3) is 5.49. The number of ether oxygens (including phenoxy) is 1. The highest BCUT2D eigenvalue weighted by atomic mass is 32.2. The van der Waals surface area contributed by atoms with E-state index in [1.807, 2.05) is 6.92 Å². The zero-order chi connectivity index (χ0) is 23.6. The van der Waals surface area contributed by atoms with Crippen LogP contribution in [0.25, 0.3) is 11.4 Å². The molecule has 0 amide bonds. The molecular formula is C21H25F3N6O2S. The van der Waals surface area contributed by atoms with Gasteiger partial charge in [-0.05, 0) is 25.0 Å². The lowest BCUT2D eigenvalue weighted by atomic mass is 10.1. The molecule has 1 aromatic carbocycles. The molecule has 3 heterocycles. The van der Waals surface area contributed by atoms with Crippen molar-refractivity contribution in [2.24, 2.45) is 5.92 Å². The zero-order valence-corrected chi connectivity index (χ0v) is 19.4. The quantitative estimate of drug-likeness (QED) is 0.449. The monoisotopic (exact) mass is 482 g/mol. The van der Waals surface area contributed by atoms with Crippen LogP contribution in [-0.2, 0) is 17.5 Å². The third-order valence-electron chi connectivity index (χ3n) is 5.06. The molecule has 1 aliphatic heterocycles. The second kappa shape index (κ2) is 9.72. The smallest absolute Gasteiger partial charge is 0.378 e. The molecule has 1 atom stereocenters. The fourth-order valence-corrected chi connectivity index (χ4v) is 4.34. The molecule has 0 bridgehead atoms. The van der Waals surface area contributed by atoms with Crippen LogP contribution in [0.4, 0.5) is 19.1 Å². The van der Waals surface area contributed by atoms with Gasteiger partial charge in [0.05, 0.1) is 24.0 Å². The second-order valence-electron chi connectivity index (χ2n) is 8.18. The van der Waals surface area contributed by atoms with Crippen LogP contribution in [0.2, 0.25) is 0 Å². The van der Waals surface area contributed by atoms with Gasteiger partial charge >= 0.3 is 6.18 Å². The molecule has 178 valence electrons. The van der Waals surface area contributed by atoms with Gasteiger partial charge < -0.3 is 14.2 Å². The Balaban J connectivity index is 1.54. The SMILES string of the molecule is CC(C)Cn1c(SC(C)c2nc(-c3cccc(C(F)(F)F)c3)no2)nnc1N1CCOCC1. The van der Waals surface area contributed by atoms with Crippen molar-refractivity contribution in [3.05, 3.63) is 35.7 Å². The van der Waals surface area contributed by atoms with Crippen LogP contribution in [0.15, 0.2) is 33.9 Å². The number of alkyl halides is 3. The summed E-state index contributed by atoms with van der Waals surface area (Å²) in [6.45, 7) is 9.67. The standard InChI is InChI=1S/C21H25F3N6O2S/c1-13(2)12-30-19(29-7-9-31-10-8-29)26-27-20(30)33-14(3)18-25-17(28-32-18)15-5-4-6-16(11-15)21(22,23)24/h4-6,11,13-14H,7-10,12H2,1-3H3. The van der Waals surface area contributed by atoms with E-state index in [2.05, 4.69) is 43.7 Å². The van der Waals surface area contributed by atoms with Crippen molar-refractivity contribution in [3.8, 4) is 11.4 Å². The molecule has 33 heavy (non-hydrogen) atoms. The predicted octanol–water partition coefficient (Wildman–Crippen LogP) is 4.69. The van der Waals surface area contributed by atoms with Crippen molar-refractivity contribution >= 4 is 17.7 Å². The van der Waals surface area contributed by atoms with Crippen LogP contribution in [0.1, 0.15) is 37.5 Å². The van der Waals surface area contributed by atoms with E-state index in [4.69, 9.17) is 9.26 Å². The van der Waals surface area contributed by atoms with Gasteiger partial charge in [-0.3, -0.25) is 4.57 Å². The highest BCUT2D eigenvalue weighted by Gasteiger charge is 2.31. The molecule has 1 unspecified atom stereocenters. The minimum absolute atomic E-state index is 0.112. The largest absolute Gasteiger partial charge is 0.416 e. The molecule has 0 radical (unpaired) electrons. The number of hydrogen-bond acceptors (Lipinski definition) is 8. The molecule has 1 aliphatic rings. The maximum atomic E-state index is 13.0. The molecule has 12 heteroatoms. The summed E-state index contributed by atoms with van der Waals surface area (Å²) in [5.41, 5.74) is -0.513. The molecule has 4 rings (SSSR count). The van der Waals surface area contributed by atoms with E-state index < -0.39 is 11.7 Å². The lowest BCUT2D eigenvalue weighted by molar-refractivity contribution is -0.137. The van der Waals surface area contributed by atoms with Crippen molar-refractivity contribution in [2.75, 3.05) is 31.2 Å². The normalized spacial score (nSPS) is 15.9. The fraction of sp³-hybridized carbons (Fsp3) is 0.524. The van der Waals surface area contributed by atoms with Crippen molar-refractivity contribution < 1.29 is 22.4 Å². The van der Waals surface area contributed by atoms with E-state index in [1.165, 1.54) is 23.9 Å². The van der Waals surface area contributed by atoms with Gasteiger partial charge in [-0.2, -0.15) is 18.2 Å². The van der Waals surface area contributed by atoms with Crippen LogP contribution in [0, 0.1) is 5.92 Å². The summed E-state index contributed by atoms with van der Waals surface area (Å²) in [5, 5.41) is 13.1. The Labute approximate surface area is 193 Å². The van der Waals surface area contributed by atoms with Crippen LogP contribution in [-0.4, -0.2) is 51.2 Å². The predicted molar refractivity (Wildman–Crippen MR) is 117 cm³/mol. The van der Waals surface area contributed by atoms with Gasteiger partial charge in [-0.25, -0.2) is 0 Å². The van der Waals surface area contributed by atoms with Gasteiger partial charge in [-0.1, -0.05) is 42.9 Å². The Bertz CT molecular complexity index is 1080. The molecule has 2 aromatic heterocycles. The van der Waals surface area contributed by atoms with E-state index in [9.17, 15) is 13.2 Å². The summed E-state index contributed by atoms with van der Waals surface area (Å²) >= 11 is 1.42. The maximum absolute atomic E-state index is 13.0. The van der Waals surface area contributed by atoms with E-state index in [1.54, 1.807) is 0 Å². The molecular weight excluding hydrogens is 457 g/mol. The van der Waals surface area contributed by atoms with Crippen molar-refractivity contribution in [1.29, 1.82) is 0 Å². The van der Waals surface area contributed by atoms with Crippen LogP contribution < -0.4 is 4.90 Å². The first kappa shape index (κ1) is 23.6. The number of morpholine rings is 1. The minimum atomic E-state index is -4.44. The third-order valence-corrected chi connectivity index (χ3v) is 6.13. The number of nitrogens with zero attached hydrogens (tertiary/aromatic N) is 6. The Hall–Kier alpha value is -2.60.